The summed E-state index contributed by atoms with van der Waals surface area (Å²) in [6, 6.07) is 45.9. The molecule has 188 valence electrons. The van der Waals surface area contributed by atoms with Gasteiger partial charge in [-0.25, -0.2) is 0 Å². The number of hydrogen-bond acceptors (Lipinski definition) is 0. The maximum absolute atomic E-state index is 18.9. The molecule has 5 unspecified atom stereocenters. The van der Waals surface area contributed by atoms with Crippen LogP contribution in [-0.4, -0.2) is 12.7 Å². The van der Waals surface area contributed by atoms with Gasteiger partial charge in [0, 0.05) is 0 Å². The zero-order valence-corrected chi connectivity index (χ0v) is 23.6. The van der Waals surface area contributed by atoms with E-state index in [9.17, 15) is 0 Å². The molecule has 0 aliphatic carbocycles. The van der Waals surface area contributed by atoms with Crippen LogP contribution in [0.4, 0.5) is 4.39 Å². The molecule has 4 aromatic carbocycles. The van der Waals surface area contributed by atoms with Gasteiger partial charge in [0.2, 0.25) is 0 Å². The van der Waals surface area contributed by atoms with Crippen LogP contribution in [0.3, 0.4) is 0 Å². The first-order chi connectivity index (χ1) is 18.5. The Kier molecular flexibility index (Phi) is 1.39. The predicted molar refractivity (Wildman–Crippen MR) is 154 cm³/mol. The van der Waals surface area contributed by atoms with Gasteiger partial charge in [-0.1, -0.05) is 0 Å². The van der Waals surface area contributed by atoms with Crippen molar-refractivity contribution in [2.24, 2.45) is 0 Å². The SMILES string of the molecule is F[C]12[CH]3[CH]4[C]5(P(c6ccccc6)c6ccccc6)[C]1(P(c1ccccc1)c1ccccc1)[Fe]34251678[CH]2[CH]1[CH]6[CH]7[CH]28. The first kappa shape index (κ1) is 18.5. The summed E-state index contributed by atoms with van der Waals surface area (Å²) in [6.45, 7) is -4.65. The van der Waals surface area contributed by atoms with Gasteiger partial charge in [-0.05, 0) is 0 Å². The molecule has 10 fully saturated rings. The standard InChI is InChI=1S/C29H22FP2.C5H5.Fe/c30-27-21-22-28(31(23-13-5-1-6-14-23)24-15-7-2-8-16-24)29(27)32(25-17-9-3-10-18-25)26-19-11-4-12-20-26;1-2-4-5-3-1;/h1-22H;1-5H;. The van der Waals surface area contributed by atoms with Crippen LogP contribution in [0.2, 0.25) is 33.7 Å². The van der Waals surface area contributed by atoms with Crippen LogP contribution >= 0.6 is 15.8 Å². The first-order valence-electron chi connectivity index (χ1n) is 14.2. The molecule has 4 aromatic rings. The summed E-state index contributed by atoms with van der Waals surface area (Å²) in [7, 11) is -1.32. The molecule has 0 bridgehead atoms. The fraction of sp³-hybridized carbons (Fsp3) is 0.294. The molecule has 10 aliphatic heterocycles. The number of rotatable bonds is 6. The fourth-order valence-electron chi connectivity index (χ4n) is 20.9. The van der Waals surface area contributed by atoms with E-state index >= 15 is 4.39 Å². The molecule has 5 atom stereocenters. The van der Waals surface area contributed by atoms with Gasteiger partial charge in [-0.15, -0.1) is 0 Å². The van der Waals surface area contributed by atoms with E-state index in [1.165, 1.54) is 10.6 Å². The van der Waals surface area contributed by atoms with Crippen LogP contribution in [0.15, 0.2) is 121 Å². The summed E-state index contributed by atoms with van der Waals surface area (Å²) in [5.41, 5.74) is 0. The molecular weight excluding hydrogens is 545 g/mol. The molecule has 1 spiro atoms. The van der Waals surface area contributed by atoms with Gasteiger partial charge in [0.25, 0.3) is 0 Å². The van der Waals surface area contributed by atoms with Crippen LogP contribution < -0.4 is 21.2 Å². The van der Waals surface area contributed by atoms with Crippen molar-refractivity contribution in [1.29, 1.82) is 0 Å². The van der Waals surface area contributed by atoms with Crippen molar-refractivity contribution in [3.8, 4) is 0 Å². The van der Waals surface area contributed by atoms with Crippen molar-refractivity contribution >= 4 is 37.1 Å². The molecule has 0 radical (unpaired) electrons. The number of alkyl halides is 1. The topological polar surface area (TPSA) is 0 Å². The number of benzene rings is 4. The van der Waals surface area contributed by atoms with Crippen LogP contribution in [0.1, 0.15) is 0 Å². The average Bonchev–Trinajstić information content (AvgIpc) is 3.94. The Bertz CT molecular complexity index is 2130. The summed E-state index contributed by atoms with van der Waals surface area (Å²) in [5, 5.41) is 6.02. The minimum atomic E-state index is -4.65. The normalized spacial score (nSPS) is 63.7. The molecule has 10 heterocycles. The monoisotopic (exact) mass is 572 g/mol. The molecule has 14 rings (SSSR count). The summed E-state index contributed by atoms with van der Waals surface area (Å²) in [5.74, 6) is 0. The van der Waals surface area contributed by atoms with Gasteiger partial charge in [-0.3, -0.25) is 0 Å². The van der Waals surface area contributed by atoms with Gasteiger partial charge in [-0.2, -0.15) is 0 Å². The summed E-state index contributed by atoms with van der Waals surface area (Å²) < 4.78 is 18.5. The zero-order chi connectivity index (χ0) is 24.5. The van der Waals surface area contributed by atoms with Gasteiger partial charge in [0.15, 0.2) is 0 Å². The van der Waals surface area contributed by atoms with E-state index in [1.54, 1.807) is 10.6 Å². The fourth-order valence-corrected chi connectivity index (χ4v) is 125. The van der Waals surface area contributed by atoms with Crippen molar-refractivity contribution in [3.05, 3.63) is 121 Å². The second-order valence-electron chi connectivity index (χ2n) is 15.7. The van der Waals surface area contributed by atoms with E-state index in [2.05, 4.69) is 121 Å². The van der Waals surface area contributed by atoms with Crippen LogP contribution in [-0.2, 0) is 6.51 Å². The van der Waals surface area contributed by atoms with E-state index < -0.39 is 26.9 Å². The van der Waals surface area contributed by atoms with Crippen molar-refractivity contribution in [2.45, 2.75) is 46.4 Å². The molecule has 0 N–H and O–H groups in total. The van der Waals surface area contributed by atoms with Gasteiger partial charge >= 0.3 is 216 Å². The Balaban J connectivity index is 1.19. The number of halogens is 1. The Hall–Kier alpha value is -1.81. The third-order valence-corrected chi connectivity index (χ3v) is 75.8. The molecule has 10 saturated heterocycles. The van der Waals surface area contributed by atoms with Gasteiger partial charge in [0.05, 0.1) is 0 Å². The Labute approximate surface area is 214 Å². The van der Waals surface area contributed by atoms with E-state index in [4.69, 9.17) is 0 Å². The van der Waals surface area contributed by atoms with Crippen LogP contribution in [0.25, 0.3) is 0 Å². The summed E-state index contributed by atoms with van der Waals surface area (Å²) in [6.07, 6.45) is 0. The van der Waals surface area contributed by atoms with Crippen molar-refractivity contribution < 1.29 is 10.9 Å². The predicted octanol–water partition coefficient (Wildman–Crippen LogP) is 7.33. The number of fused-ring (bicyclic) bond motifs is 10. The van der Waals surface area contributed by atoms with E-state index in [-0.39, 0.29) is 4.05 Å². The molecule has 38 heavy (non-hydrogen) atoms. The third-order valence-electron chi connectivity index (χ3n) is 19.4. The third kappa shape index (κ3) is 0.421. The average molecular weight is 572 g/mol. The van der Waals surface area contributed by atoms with Gasteiger partial charge < -0.3 is 0 Å². The zero-order valence-electron chi connectivity index (χ0n) is 20.7. The molecular formula is C34H27FFeP2. The maximum atomic E-state index is 18.9. The van der Waals surface area contributed by atoms with E-state index in [0.29, 0.717) is 8.87 Å². The Morgan fingerprint density at radius 2 is 0.816 bits per heavy atom. The van der Waals surface area contributed by atoms with Crippen LogP contribution in [0.5, 0.6) is 0 Å². The van der Waals surface area contributed by atoms with E-state index in [0.717, 1.165) is 28.9 Å². The van der Waals surface area contributed by atoms with E-state index in [1.807, 2.05) is 0 Å². The van der Waals surface area contributed by atoms with Crippen molar-refractivity contribution in [2.75, 3.05) is 0 Å². The molecule has 0 nitrogen and oxygen atoms in total. The Morgan fingerprint density at radius 1 is 0.474 bits per heavy atom. The Morgan fingerprint density at radius 3 is 1.13 bits per heavy atom. The van der Waals surface area contributed by atoms with Crippen LogP contribution in [0, 0.1) is 0 Å². The molecule has 0 saturated carbocycles. The molecule has 4 heteroatoms. The molecule has 0 amide bonds. The van der Waals surface area contributed by atoms with Gasteiger partial charge in [0.1, 0.15) is 0 Å². The summed E-state index contributed by atoms with van der Waals surface area (Å²) >= 11 is 0. The summed E-state index contributed by atoms with van der Waals surface area (Å²) in [4.78, 5) is 5.82. The van der Waals surface area contributed by atoms with Crippen molar-refractivity contribution in [1.82, 2.24) is 0 Å². The first-order valence-corrected chi connectivity index (χ1v) is 23.0. The molecule has 10 aliphatic rings. The second kappa shape index (κ2) is 2.85. The minimum absolute atomic E-state index is 0.00843. The number of hydrogen-bond donors (Lipinski definition) is 0. The quantitative estimate of drug-likeness (QED) is 0.168. The second-order valence-corrected chi connectivity index (χ2v) is 44.1. The van der Waals surface area contributed by atoms with Crippen molar-refractivity contribution in [3.63, 3.8) is 0 Å². The molecule has 0 aromatic heterocycles.